The van der Waals surface area contributed by atoms with E-state index in [0.717, 1.165) is 23.8 Å². The lowest BCUT2D eigenvalue weighted by atomic mass is 9.86. The Morgan fingerprint density at radius 3 is 2.47 bits per heavy atom. The monoisotopic (exact) mass is 480 g/mol. The molecule has 0 aliphatic carbocycles. The van der Waals surface area contributed by atoms with Gasteiger partial charge in [-0.05, 0) is 69.0 Å². The molecule has 34 heavy (non-hydrogen) atoms. The predicted octanol–water partition coefficient (Wildman–Crippen LogP) is 3.54. The molecule has 7 nitrogen and oxygen atoms in total. The van der Waals surface area contributed by atoms with Gasteiger partial charge in [0, 0.05) is 17.7 Å². The van der Waals surface area contributed by atoms with Crippen LogP contribution in [0.2, 0.25) is 0 Å². The van der Waals surface area contributed by atoms with Gasteiger partial charge in [0.25, 0.3) is 5.91 Å². The number of rotatable bonds is 5. The molecule has 3 rings (SSSR count). The Bertz CT molecular complexity index is 1130. The normalized spacial score (nSPS) is 18.5. The van der Waals surface area contributed by atoms with Crippen molar-refractivity contribution in [3.63, 3.8) is 0 Å². The summed E-state index contributed by atoms with van der Waals surface area (Å²) in [6.07, 6.45) is -3.89. The molecule has 0 saturated carbocycles. The molecule has 2 amide bonds. The maximum atomic E-state index is 13.1. The SMILES string of the molecule is Cc1c(C)c2c(c(C)c1O)CCC(C)(C(=O)N[C@@H](CO)C(=O)Nc1cccc(C(F)(F)F)c1)O2. The number of aromatic hydroxyl groups is 1. The van der Waals surface area contributed by atoms with E-state index in [1.165, 1.54) is 6.07 Å². The minimum absolute atomic E-state index is 0.122. The first-order chi connectivity index (χ1) is 15.8. The van der Waals surface area contributed by atoms with Gasteiger partial charge in [0.1, 0.15) is 17.5 Å². The van der Waals surface area contributed by atoms with E-state index in [-0.39, 0.29) is 17.9 Å². The summed E-state index contributed by atoms with van der Waals surface area (Å²) < 4.78 is 44.8. The Kier molecular flexibility index (Phi) is 6.84. The Hall–Kier alpha value is -3.27. The summed E-state index contributed by atoms with van der Waals surface area (Å²) in [7, 11) is 0. The third-order valence-corrected chi connectivity index (χ3v) is 6.26. The molecule has 2 aromatic rings. The average Bonchev–Trinajstić information content (AvgIpc) is 2.79. The highest BCUT2D eigenvalue weighted by molar-refractivity contribution is 5.98. The first-order valence-electron chi connectivity index (χ1n) is 10.7. The Morgan fingerprint density at radius 2 is 1.85 bits per heavy atom. The summed E-state index contributed by atoms with van der Waals surface area (Å²) in [4.78, 5) is 25.6. The molecule has 184 valence electrons. The largest absolute Gasteiger partial charge is 0.507 e. The van der Waals surface area contributed by atoms with Gasteiger partial charge >= 0.3 is 6.18 Å². The van der Waals surface area contributed by atoms with Crippen LogP contribution in [0.25, 0.3) is 0 Å². The number of phenolic OH excluding ortho intramolecular Hbond substituents is 1. The molecule has 2 aromatic carbocycles. The van der Waals surface area contributed by atoms with E-state index >= 15 is 0 Å². The molecule has 2 atom stereocenters. The Morgan fingerprint density at radius 1 is 1.18 bits per heavy atom. The molecule has 1 aliphatic heterocycles. The number of benzene rings is 2. The van der Waals surface area contributed by atoms with Crippen molar-refractivity contribution in [3.8, 4) is 11.5 Å². The van der Waals surface area contributed by atoms with E-state index in [2.05, 4.69) is 10.6 Å². The highest BCUT2D eigenvalue weighted by atomic mass is 19.4. The number of hydrogen-bond donors (Lipinski definition) is 4. The molecular formula is C24H27F3N2O5. The van der Waals surface area contributed by atoms with Crippen LogP contribution in [0.4, 0.5) is 18.9 Å². The number of phenols is 1. The molecule has 4 N–H and O–H groups in total. The van der Waals surface area contributed by atoms with Crippen molar-refractivity contribution in [1.82, 2.24) is 5.32 Å². The van der Waals surface area contributed by atoms with E-state index in [1.54, 1.807) is 27.7 Å². The van der Waals surface area contributed by atoms with Crippen LogP contribution in [-0.2, 0) is 22.2 Å². The zero-order valence-corrected chi connectivity index (χ0v) is 19.3. The number of carbonyl (C=O) groups is 2. The van der Waals surface area contributed by atoms with Crippen molar-refractivity contribution >= 4 is 17.5 Å². The maximum Gasteiger partial charge on any atom is 0.416 e. The summed E-state index contributed by atoms with van der Waals surface area (Å²) >= 11 is 0. The van der Waals surface area contributed by atoms with Crippen molar-refractivity contribution in [2.24, 2.45) is 0 Å². The number of alkyl halides is 3. The summed E-state index contributed by atoms with van der Waals surface area (Å²) in [5.41, 5.74) is 0.373. The van der Waals surface area contributed by atoms with Gasteiger partial charge in [0.15, 0.2) is 5.60 Å². The fourth-order valence-corrected chi connectivity index (χ4v) is 3.92. The first kappa shape index (κ1) is 25.4. The van der Waals surface area contributed by atoms with Crippen molar-refractivity contribution in [1.29, 1.82) is 0 Å². The van der Waals surface area contributed by atoms with Gasteiger partial charge < -0.3 is 25.6 Å². The van der Waals surface area contributed by atoms with Crippen LogP contribution < -0.4 is 15.4 Å². The summed E-state index contributed by atoms with van der Waals surface area (Å²) in [6, 6.07) is 2.64. The van der Waals surface area contributed by atoms with E-state index in [0.29, 0.717) is 28.9 Å². The molecule has 0 saturated heterocycles. The molecule has 1 aliphatic rings. The zero-order chi connectivity index (χ0) is 25.4. The summed E-state index contributed by atoms with van der Waals surface area (Å²) in [6.45, 7) is 6.07. The van der Waals surface area contributed by atoms with Crippen molar-refractivity contribution in [3.05, 3.63) is 52.1 Å². The molecule has 0 aromatic heterocycles. The summed E-state index contributed by atoms with van der Waals surface area (Å²) in [5.74, 6) is -0.855. The minimum Gasteiger partial charge on any atom is -0.507 e. The fourth-order valence-electron chi connectivity index (χ4n) is 3.92. The van der Waals surface area contributed by atoms with Gasteiger partial charge in [-0.25, -0.2) is 0 Å². The number of hydrogen-bond acceptors (Lipinski definition) is 5. The number of fused-ring (bicyclic) bond motifs is 1. The second kappa shape index (κ2) is 9.17. The smallest absolute Gasteiger partial charge is 0.416 e. The van der Waals surface area contributed by atoms with Crippen LogP contribution in [0, 0.1) is 20.8 Å². The van der Waals surface area contributed by atoms with Crippen LogP contribution in [0.3, 0.4) is 0 Å². The number of nitrogens with one attached hydrogen (secondary N) is 2. The third-order valence-electron chi connectivity index (χ3n) is 6.26. The number of ether oxygens (including phenoxy) is 1. The maximum absolute atomic E-state index is 13.1. The van der Waals surface area contributed by atoms with Crippen LogP contribution in [0.15, 0.2) is 24.3 Å². The van der Waals surface area contributed by atoms with Crippen LogP contribution in [0.5, 0.6) is 11.5 Å². The average molecular weight is 480 g/mol. The second-order valence-corrected chi connectivity index (χ2v) is 8.64. The molecule has 0 bridgehead atoms. The number of carbonyl (C=O) groups excluding carboxylic acids is 2. The number of amides is 2. The Balaban J connectivity index is 1.76. The topological polar surface area (TPSA) is 108 Å². The molecule has 0 fully saturated rings. The third kappa shape index (κ3) is 4.82. The van der Waals surface area contributed by atoms with Gasteiger partial charge in [-0.3, -0.25) is 9.59 Å². The quantitative estimate of drug-likeness (QED) is 0.524. The lowest BCUT2D eigenvalue weighted by Gasteiger charge is -2.37. The van der Waals surface area contributed by atoms with Crippen LogP contribution >= 0.6 is 0 Å². The standard InChI is InChI=1S/C24H27F3N2O5/c1-12-13(2)20-17(14(3)19(12)31)8-9-23(4,34-20)22(33)29-18(11-30)21(32)28-16-7-5-6-15(10-16)24(25,26)27/h5-7,10,18,30-31H,8-9,11H2,1-4H3,(H,28,32)(H,29,33)/t18-,23?/m0/s1. The van der Waals surface area contributed by atoms with Gasteiger partial charge in [0.05, 0.1) is 12.2 Å². The van der Waals surface area contributed by atoms with Gasteiger partial charge in [-0.1, -0.05) is 6.07 Å². The van der Waals surface area contributed by atoms with Crippen molar-refractivity contribution in [2.45, 2.75) is 58.4 Å². The van der Waals surface area contributed by atoms with Gasteiger partial charge in [-0.15, -0.1) is 0 Å². The predicted molar refractivity (Wildman–Crippen MR) is 119 cm³/mol. The van der Waals surface area contributed by atoms with Crippen LogP contribution in [-0.4, -0.2) is 40.3 Å². The van der Waals surface area contributed by atoms with Crippen LogP contribution in [0.1, 0.15) is 41.2 Å². The lowest BCUT2D eigenvalue weighted by Crippen LogP contribution is -2.56. The second-order valence-electron chi connectivity index (χ2n) is 8.64. The van der Waals surface area contributed by atoms with Crippen molar-refractivity contribution < 1.29 is 37.7 Å². The number of anilines is 1. The molecule has 10 heteroatoms. The molecule has 1 heterocycles. The zero-order valence-electron chi connectivity index (χ0n) is 19.3. The van der Waals surface area contributed by atoms with E-state index < -0.39 is 41.8 Å². The number of halogens is 3. The first-order valence-corrected chi connectivity index (χ1v) is 10.7. The molecule has 1 unspecified atom stereocenters. The summed E-state index contributed by atoms with van der Waals surface area (Å²) in [5, 5.41) is 24.7. The Labute approximate surface area is 194 Å². The number of aliphatic hydroxyl groups excluding tert-OH is 1. The van der Waals surface area contributed by atoms with Gasteiger partial charge in [0.2, 0.25) is 5.91 Å². The highest BCUT2D eigenvalue weighted by Crippen LogP contribution is 2.43. The lowest BCUT2D eigenvalue weighted by molar-refractivity contribution is -0.140. The minimum atomic E-state index is -4.58. The molecule has 0 spiro atoms. The fraction of sp³-hybridized carbons (Fsp3) is 0.417. The van der Waals surface area contributed by atoms with E-state index in [4.69, 9.17) is 4.74 Å². The highest BCUT2D eigenvalue weighted by Gasteiger charge is 2.42. The van der Waals surface area contributed by atoms with E-state index in [1.807, 2.05) is 0 Å². The van der Waals surface area contributed by atoms with Gasteiger partial charge in [-0.2, -0.15) is 13.2 Å². The van der Waals surface area contributed by atoms with E-state index in [9.17, 15) is 33.0 Å². The molecular weight excluding hydrogens is 453 g/mol. The van der Waals surface area contributed by atoms with Crippen molar-refractivity contribution in [2.75, 3.05) is 11.9 Å². The number of aliphatic hydroxyl groups is 1. The molecule has 0 radical (unpaired) electrons.